The molecule has 2 fully saturated rings. The quantitative estimate of drug-likeness (QED) is 0.561. The van der Waals surface area contributed by atoms with E-state index in [0.717, 1.165) is 18.8 Å². The van der Waals surface area contributed by atoms with Crippen molar-refractivity contribution < 1.29 is 4.79 Å². The molecule has 0 saturated heterocycles. The van der Waals surface area contributed by atoms with Crippen molar-refractivity contribution in [2.75, 3.05) is 0 Å². The topological polar surface area (TPSA) is 17.1 Å². The summed E-state index contributed by atoms with van der Waals surface area (Å²) in [6.07, 6.45) is 15.5. The van der Waals surface area contributed by atoms with Gasteiger partial charge >= 0.3 is 0 Å². The lowest BCUT2D eigenvalue weighted by Crippen LogP contribution is -2.41. The zero-order valence-electron chi connectivity index (χ0n) is 16.0. The summed E-state index contributed by atoms with van der Waals surface area (Å²) < 4.78 is 0. The summed E-state index contributed by atoms with van der Waals surface area (Å²) in [5.41, 5.74) is 4.24. The van der Waals surface area contributed by atoms with Gasteiger partial charge in [0.05, 0.1) is 0 Å². The molecule has 0 heterocycles. The van der Waals surface area contributed by atoms with E-state index in [4.69, 9.17) is 0 Å². The Labute approximate surface area is 161 Å². The van der Waals surface area contributed by atoms with Crippen molar-refractivity contribution in [2.24, 2.45) is 17.3 Å². The number of hydrogen-bond donors (Lipinski definition) is 0. The van der Waals surface area contributed by atoms with E-state index < -0.39 is 0 Å². The molecule has 1 nitrogen and oxygen atoms in total. The fourth-order valence-electron chi connectivity index (χ4n) is 6.81. The number of rotatable bonds is 1. The molecule has 6 rings (SSSR count). The molecular weight excluding hydrogens is 328 g/mol. The number of hydrogen-bond acceptors (Lipinski definition) is 1. The number of ketones is 1. The molecule has 0 radical (unpaired) electrons. The molecule has 3 atom stereocenters. The molecule has 0 N–H and O–H groups in total. The molecule has 0 aromatic heterocycles. The molecule has 3 unspecified atom stereocenters. The van der Waals surface area contributed by atoms with Crippen LogP contribution in [0, 0.1) is 17.3 Å². The molecular formula is C26H28O. The van der Waals surface area contributed by atoms with Gasteiger partial charge < -0.3 is 0 Å². The summed E-state index contributed by atoms with van der Waals surface area (Å²) in [6.45, 7) is 0. The highest BCUT2D eigenvalue weighted by Crippen LogP contribution is 2.56. The monoisotopic (exact) mass is 356 g/mol. The second-order valence-corrected chi connectivity index (χ2v) is 9.65. The van der Waals surface area contributed by atoms with Gasteiger partial charge in [-0.25, -0.2) is 0 Å². The normalized spacial score (nSPS) is 32.5. The summed E-state index contributed by atoms with van der Waals surface area (Å²) in [5.74, 6) is 2.38. The zero-order chi connectivity index (χ0) is 18.0. The third-order valence-corrected chi connectivity index (χ3v) is 8.20. The number of fused-ring (bicyclic) bond motifs is 5. The van der Waals surface area contributed by atoms with Gasteiger partial charge in [0.1, 0.15) is 5.78 Å². The van der Waals surface area contributed by atoms with Crippen LogP contribution in [-0.2, 0) is 17.6 Å². The van der Waals surface area contributed by atoms with Crippen LogP contribution >= 0.6 is 0 Å². The predicted molar refractivity (Wildman–Crippen MR) is 110 cm³/mol. The minimum absolute atomic E-state index is 0.0835. The van der Waals surface area contributed by atoms with Gasteiger partial charge in [-0.1, -0.05) is 61.7 Å². The van der Waals surface area contributed by atoms with Crippen molar-refractivity contribution >= 4 is 16.6 Å². The molecule has 138 valence electrons. The zero-order valence-corrected chi connectivity index (χ0v) is 16.0. The maximum Gasteiger partial charge on any atom is 0.144 e. The van der Waals surface area contributed by atoms with Gasteiger partial charge in [0.15, 0.2) is 0 Å². The van der Waals surface area contributed by atoms with Crippen molar-refractivity contribution in [3.05, 3.63) is 59.2 Å². The number of benzene rings is 2. The van der Waals surface area contributed by atoms with Crippen LogP contribution in [-0.4, -0.2) is 5.78 Å². The van der Waals surface area contributed by atoms with Crippen LogP contribution in [0.3, 0.4) is 0 Å². The average Bonchev–Trinajstić information content (AvgIpc) is 3.30. The van der Waals surface area contributed by atoms with Crippen LogP contribution in [0.2, 0.25) is 0 Å². The van der Waals surface area contributed by atoms with Crippen molar-refractivity contribution in [1.82, 2.24) is 0 Å². The number of carbonyl (C=O) groups is 1. The lowest BCUT2D eigenvalue weighted by atomic mass is 9.63. The Morgan fingerprint density at radius 2 is 1.85 bits per heavy atom. The summed E-state index contributed by atoms with van der Waals surface area (Å²) >= 11 is 0. The van der Waals surface area contributed by atoms with E-state index in [2.05, 4.69) is 42.5 Å². The summed E-state index contributed by atoms with van der Waals surface area (Å²) in [6, 6.07) is 11.7. The predicted octanol–water partition coefficient (Wildman–Crippen LogP) is 6.14. The second-order valence-electron chi connectivity index (χ2n) is 9.65. The second kappa shape index (κ2) is 5.80. The Balaban J connectivity index is 1.46. The molecule has 2 saturated carbocycles. The smallest absolute Gasteiger partial charge is 0.144 e. The molecule has 4 aliphatic rings. The first-order valence-corrected chi connectivity index (χ1v) is 11.0. The number of carbonyl (C=O) groups excluding carboxylic acids is 1. The Morgan fingerprint density at radius 1 is 0.963 bits per heavy atom. The molecule has 0 amide bonds. The molecule has 1 spiro atoms. The van der Waals surface area contributed by atoms with E-state index in [1.54, 1.807) is 5.56 Å². The van der Waals surface area contributed by atoms with E-state index in [0.29, 0.717) is 24.0 Å². The minimum atomic E-state index is -0.0835. The lowest BCUT2D eigenvalue weighted by Gasteiger charge is -2.38. The third kappa shape index (κ3) is 2.33. The van der Waals surface area contributed by atoms with Crippen molar-refractivity contribution in [3.63, 3.8) is 0 Å². The summed E-state index contributed by atoms with van der Waals surface area (Å²) in [5, 5.41) is 2.81. The Morgan fingerprint density at radius 3 is 2.63 bits per heavy atom. The van der Waals surface area contributed by atoms with E-state index in [-0.39, 0.29) is 5.41 Å². The Hall–Kier alpha value is -1.89. The fourth-order valence-corrected chi connectivity index (χ4v) is 6.81. The molecule has 4 aliphatic carbocycles. The Kier molecular flexibility index (Phi) is 3.46. The van der Waals surface area contributed by atoms with Crippen LogP contribution in [0.4, 0.5) is 0 Å². The van der Waals surface area contributed by atoms with E-state index in [1.807, 2.05) is 0 Å². The van der Waals surface area contributed by atoms with Crippen molar-refractivity contribution in [3.8, 4) is 0 Å². The number of allylic oxidation sites excluding steroid dienone is 2. The largest absolute Gasteiger partial charge is 0.299 e. The molecule has 2 aromatic carbocycles. The molecule has 1 heteroatoms. The first-order valence-electron chi connectivity index (χ1n) is 11.0. The van der Waals surface area contributed by atoms with E-state index in [1.165, 1.54) is 60.4 Å². The lowest BCUT2D eigenvalue weighted by molar-refractivity contribution is -0.130. The van der Waals surface area contributed by atoms with Gasteiger partial charge in [-0.3, -0.25) is 4.79 Å². The first-order chi connectivity index (χ1) is 13.2. The average molecular weight is 357 g/mol. The standard InChI is InChI=1S/C26H28O/c27-25-14-20-12-19-7-4-8-23(18-5-2-1-3-6-18)24(19)13-21(20)16-26(25)15-17-9-10-22(26)11-17/h4,7-10,12-13,17-18,22H,1-3,5-6,11,14-16H2. The van der Waals surface area contributed by atoms with Gasteiger partial charge in [0, 0.05) is 11.8 Å². The van der Waals surface area contributed by atoms with Gasteiger partial charge in [0.2, 0.25) is 0 Å². The molecule has 2 bridgehead atoms. The van der Waals surface area contributed by atoms with Crippen LogP contribution in [0.25, 0.3) is 10.8 Å². The van der Waals surface area contributed by atoms with Crippen LogP contribution in [0.15, 0.2) is 42.5 Å². The highest BCUT2D eigenvalue weighted by Gasteiger charge is 2.54. The van der Waals surface area contributed by atoms with Gasteiger partial charge in [-0.2, -0.15) is 0 Å². The SMILES string of the molecule is O=C1Cc2cc3cccc(C4CCCCC4)c3cc2CC12CC1C=CC2C1. The van der Waals surface area contributed by atoms with Crippen LogP contribution < -0.4 is 0 Å². The van der Waals surface area contributed by atoms with Gasteiger partial charge in [-0.05, 0) is 77.3 Å². The first kappa shape index (κ1) is 16.1. The Bertz CT molecular complexity index is 962. The number of Topliss-reactive ketones (excluding diaryl/α,β-unsaturated/α-hetero) is 1. The highest BCUT2D eigenvalue weighted by molar-refractivity contribution is 5.94. The molecule has 27 heavy (non-hydrogen) atoms. The van der Waals surface area contributed by atoms with Crippen LogP contribution in [0.5, 0.6) is 0 Å². The van der Waals surface area contributed by atoms with Crippen molar-refractivity contribution in [1.29, 1.82) is 0 Å². The van der Waals surface area contributed by atoms with Gasteiger partial charge in [0.25, 0.3) is 0 Å². The maximum atomic E-state index is 13.2. The molecule has 2 aromatic rings. The summed E-state index contributed by atoms with van der Waals surface area (Å²) in [7, 11) is 0. The maximum absolute atomic E-state index is 13.2. The van der Waals surface area contributed by atoms with E-state index >= 15 is 0 Å². The highest BCUT2D eigenvalue weighted by atomic mass is 16.1. The fraction of sp³-hybridized carbons (Fsp3) is 0.500. The third-order valence-electron chi connectivity index (χ3n) is 8.20. The summed E-state index contributed by atoms with van der Waals surface area (Å²) in [4.78, 5) is 13.2. The van der Waals surface area contributed by atoms with E-state index in [9.17, 15) is 4.79 Å². The van der Waals surface area contributed by atoms with Crippen LogP contribution in [0.1, 0.15) is 67.6 Å². The minimum Gasteiger partial charge on any atom is -0.299 e. The molecule has 0 aliphatic heterocycles. The van der Waals surface area contributed by atoms with Crippen molar-refractivity contribution in [2.45, 2.75) is 63.7 Å². The van der Waals surface area contributed by atoms with Gasteiger partial charge in [-0.15, -0.1) is 0 Å².